The lowest BCUT2D eigenvalue weighted by Crippen LogP contribution is -2.54. The zero-order valence-electron chi connectivity index (χ0n) is 10.3. The quantitative estimate of drug-likeness (QED) is 0.586. The first-order valence-corrected chi connectivity index (χ1v) is 6.08. The van der Waals surface area contributed by atoms with Gasteiger partial charge in [0.2, 0.25) is 5.91 Å². The van der Waals surface area contributed by atoms with Crippen molar-refractivity contribution >= 4 is 11.9 Å². The number of phenols is 1. The van der Waals surface area contributed by atoms with Gasteiger partial charge in [-0.2, -0.15) is 0 Å². The van der Waals surface area contributed by atoms with Crippen LogP contribution in [0.2, 0.25) is 0 Å². The number of aliphatic carboxylic acids is 1. The molecule has 0 spiro atoms. The minimum atomic E-state index is -1.06. The second-order valence-electron chi connectivity index (χ2n) is 4.63. The minimum Gasteiger partial charge on any atom is -0.508 e. The van der Waals surface area contributed by atoms with Gasteiger partial charge in [0, 0.05) is 19.5 Å². The van der Waals surface area contributed by atoms with E-state index < -0.39 is 12.0 Å². The molecule has 0 aliphatic carbocycles. The van der Waals surface area contributed by atoms with Crippen LogP contribution in [-0.2, 0) is 16.0 Å². The van der Waals surface area contributed by atoms with E-state index in [4.69, 9.17) is 10.2 Å². The van der Waals surface area contributed by atoms with Crippen LogP contribution in [0.1, 0.15) is 5.56 Å². The van der Waals surface area contributed by atoms with Gasteiger partial charge in [-0.1, -0.05) is 12.1 Å². The van der Waals surface area contributed by atoms with Crippen LogP contribution in [0.4, 0.5) is 0 Å². The van der Waals surface area contributed by atoms with Gasteiger partial charge in [0.15, 0.2) is 0 Å². The van der Waals surface area contributed by atoms with Gasteiger partial charge in [-0.05, 0) is 17.7 Å². The first-order valence-electron chi connectivity index (χ1n) is 6.08. The smallest absolute Gasteiger partial charge is 0.326 e. The maximum absolute atomic E-state index is 11.7. The molecule has 1 saturated heterocycles. The zero-order chi connectivity index (χ0) is 13.8. The molecule has 1 aromatic rings. The number of hydrogen-bond acceptors (Lipinski definition) is 4. The number of phenolic OH excluding ortho intramolecular Hbond substituents is 1. The van der Waals surface area contributed by atoms with E-state index in [9.17, 15) is 9.59 Å². The van der Waals surface area contributed by atoms with Crippen molar-refractivity contribution in [3.63, 3.8) is 0 Å². The van der Waals surface area contributed by atoms with Crippen molar-refractivity contribution in [1.82, 2.24) is 10.6 Å². The van der Waals surface area contributed by atoms with Gasteiger partial charge < -0.3 is 20.8 Å². The van der Waals surface area contributed by atoms with E-state index in [0.717, 1.165) is 5.56 Å². The van der Waals surface area contributed by atoms with E-state index >= 15 is 0 Å². The molecule has 0 saturated carbocycles. The maximum atomic E-state index is 11.7. The van der Waals surface area contributed by atoms with Gasteiger partial charge in [-0.25, -0.2) is 4.79 Å². The highest BCUT2D eigenvalue weighted by atomic mass is 16.4. The van der Waals surface area contributed by atoms with Crippen LogP contribution in [0.15, 0.2) is 24.3 Å². The molecule has 6 nitrogen and oxygen atoms in total. The molecule has 1 aromatic carbocycles. The normalized spacial score (nSPS) is 16.4. The van der Waals surface area contributed by atoms with Crippen LogP contribution >= 0.6 is 0 Å². The number of benzene rings is 1. The highest BCUT2D eigenvalue weighted by molar-refractivity contribution is 5.86. The van der Waals surface area contributed by atoms with Crippen molar-refractivity contribution in [3.05, 3.63) is 29.8 Å². The number of carbonyl (C=O) groups is 2. The zero-order valence-corrected chi connectivity index (χ0v) is 10.3. The van der Waals surface area contributed by atoms with Crippen LogP contribution < -0.4 is 10.6 Å². The molecule has 1 unspecified atom stereocenters. The number of hydrogen-bond donors (Lipinski definition) is 4. The molecule has 1 aliphatic rings. The average Bonchev–Trinajstić information content (AvgIpc) is 2.28. The van der Waals surface area contributed by atoms with E-state index in [1.807, 2.05) is 0 Å². The van der Waals surface area contributed by atoms with E-state index in [0.29, 0.717) is 13.1 Å². The lowest BCUT2D eigenvalue weighted by atomic mass is 10.0. The number of aromatic hydroxyl groups is 1. The number of rotatable bonds is 5. The Morgan fingerprint density at radius 1 is 1.32 bits per heavy atom. The van der Waals surface area contributed by atoms with Gasteiger partial charge in [0.25, 0.3) is 0 Å². The van der Waals surface area contributed by atoms with Crippen LogP contribution in [0, 0.1) is 5.92 Å². The van der Waals surface area contributed by atoms with Crippen LogP contribution in [0.3, 0.4) is 0 Å². The molecule has 1 aliphatic heterocycles. The predicted octanol–water partition coefficient (Wildman–Crippen LogP) is -0.277. The van der Waals surface area contributed by atoms with Crippen LogP contribution in [0.5, 0.6) is 5.75 Å². The van der Waals surface area contributed by atoms with Crippen LogP contribution in [0.25, 0.3) is 0 Å². The second-order valence-corrected chi connectivity index (χ2v) is 4.63. The summed E-state index contributed by atoms with van der Waals surface area (Å²) in [6.45, 7) is 1.19. The molecule has 2 rings (SSSR count). The third kappa shape index (κ3) is 3.45. The van der Waals surface area contributed by atoms with Gasteiger partial charge in [-0.15, -0.1) is 0 Å². The number of nitrogens with one attached hydrogen (secondary N) is 2. The predicted molar refractivity (Wildman–Crippen MR) is 67.7 cm³/mol. The minimum absolute atomic E-state index is 0.125. The van der Waals surface area contributed by atoms with Gasteiger partial charge in [-0.3, -0.25) is 4.79 Å². The first kappa shape index (κ1) is 13.4. The molecular formula is C13H16N2O4. The summed E-state index contributed by atoms with van der Waals surface area (Å²) in [6.07, 6.45) is 0.196. The molecule has 6 heteroatoms. The standard InChI is InChI=1S/C13H16N2O4/c16-10-3-1-8(2-4-10)5-11(13(18)19)15-12(17)9-6-14-7-9/h1-4,9,11,14,16H,5-7H2,(H,15,17)(H,18,19). The van der Waals surface area contributed by atoms with Crippen molar-refractivity contribution in [2.45, 2.75) is 12.5 Å². The maximum Gasteiger partial charge on any atom is 0.326 e. The molecule has 1 atom stereocenters. The fourth-order valence-corrected chi connectivity index (χ4v) is 1.83. The molecule has 0 radical (unpaired) electrons. The third-order valence-electron chi connectivity index (χ3n) is 3.14. The Morgan fingerprint density at radius 3 is 2.42 bits per heavy atom. The Bertz CT molecular complexity index is 468. The topological polar surface area (TPSA) is 98.7 Å². The fraction of sp³-hybridized carbons (Fsp3) is 0.385. The average molecular weight is 264 g/mol. The third-order valence-corrected chi connectivity index (χ3v) is 3.14. The lowest BCUT2D eigenvalue weighted by molar-refractivity contribution is -0.142. The van der Waals surface area contributed by atoms with Crippen molar-refractivity contribution in [2.75, 3.05) is 13.1 Å². The summed E-state index contributed by atoms with van der Waals surface area (Å²) in [5.41, 5.74) is 0.747. The van der Waals surface area contributed by atoms with Gasteiger partial charge in [0.05, 0.1) is 5.92 Å². The van der Waals surface area contributed by atoms with Gasteiger partial charge in [0.1, 0.15) is 11.8 Å². The summed E-state index contributed by atoms with van der Waals surface area (Å²) >= 11 is 0. The summed E-state index contributed by atoms with van der Waals surface area (Å²) in [5, 5.41) is 23.8. The Labute approximate surface area is 110 Å². The van der Waals surface area contributed by atoms with E-state index in [1.54, 1.807) is 12.1 Å². The Balaban J connectivity index is 1.97. The lowest BCUT2D eigenvalue weighted by Gasteiger charge is -2.27. The molecule has 0 aromatic heterocycles. The summed E-state index contributed by atoms with van der Waals surface area (Å²) in [4.78, 5) is 22.9. The number of carboxylic acid groups (broad SMARTS) is 1. The van der Waals surface area contributed by atoms with Gasteiger partial charge >= 0.3 is 5.97 Å². The molecule has 4 N–H and O–H groups in total. The summed E-state index contributed by atoms with van der Waals surface area (Å²) < 4.78 is 0. The van der Waals surface area contributed by atoms with Crippen molar-refractivity contribution in [1.29, 1.82) is 0 Å². The molecule has 1 heterocycles. The van der Waals surface area contributed by atoms with E-state index in [2.05, 4.69) is 10.6 Å². The van der Waals surface area contributed by atoms with Crippen molar-refractivity contribution in [3.8, 4) is 5.75 Å². The summed E-state index contributed by atoms with van der Waals surface area (Å²) in [5.74, 6) is -1.31. The Hall–Kier alpha value is -2.08. The molecule has 102 valence electrons. The monoisotopic (exact) mass is 264 g/mol. The number of carbonyl (C=O) groups excluding carboxylic acids is 1. The SMILES string of the molecule is O=C(NC(Cc1ccc(O)cc1)C(=O)O)C1CNC1. The summed E-state index contributed by atoms with van der Waals surface area (Å²) in [6, 6.07) is 5.32. The highest BCUT2D eigenvalue weighted by Crippen LogP contribution is 2.12. The van der Waals surface area contributed by atoms with Crippen molar-refractivity contribution in [2.24, 2.45) is 5.92 Å². The highest BCUT2D eigenvalue weighted by Gasteiger charge is 2.28. The second kappa shape index (κ2) is 5.71. The molecule has 1 amide bonds. The Kier molecular flexibility index (Phi) is 4.01. The first-order chi connectivity index (χ1) is 9.06. The molecule has 1 fully saturated rings. The van der Waals surface area contributed by atoms with E-state index in [1.165, 1.54) is 12.1 Å². The number of carboxylic acids is 1. The molecular weight excluding hydrogens is 248 g/mol. The van der Waals surface area contributed by atoms with E-state index in [-0.39, 0.29) is 24.0 Å². The van der Waals surface area contributed by atoms with Crippen molar-refractivity contribution < 1.29 is 19.8 Å². The molecule has 0 bridgehead atoms. The largest absolute Gasteiger partial charge is 0.508 e. The Morgan fingerprint density at radius 2 is 1.95 bits per heavy atom. The van der Waals surface area contributed by atoms with Crippen LogP contribution in [-0.4, -0.2) is 41.2 Å². The summed E-state index contributed by atoms with van der Waals surface area (Å²) in [7, 11) is 0. The molecule has 19 heavy (non-hydrogen) atoms. The fourth-order valence-electron chi connectivity index (χ4n) is 1.83. The number of amides is 1.